The number of likely N-dealkylation sites (N-methyl/N-ethyl adjacent to an activating group) is 2. The standard InChI is InChI=1S/C26H28N4O3.C25H30N4O2.Na.H2O/c1-16(2)14-17-4-6-20(7-5-17)23-27-22(29-33-23)19-10-8-18(9-11-19)21-12-13-26(15-21)24(31)30(3)25(32)28-26;1-16(2)14-17-4-6-20(7-5-17)23-28-22(29-31-23)19-10-8-18(9-11-19)21-12-13-25(26,15-21)24(30)27-3;;/h4-11,16,21H,12-15H2,1-3H3,(H,28,32);4-11,16,21H,12-15,26H2,1-3H3,(H,27,30);;1H2/q;;+1;/p-1/t21-,26?;21-,25?;;/m00../s1. The van der Waals surface area contributed by atoms with E-state index in [4.69, 9.17) is 14.8 Å². The van der Waals surface area contributed by atoms with Gasteiger partial charge in [0.1, 0.15) is 5.54 Å². The molecule has 4 aromatic carbocycles. The molecule has 1 saturated heterocycles. The molecule has 4 amide bonds. The summed E-state index contributed by atoms with van der Waals surface area (Å²) >= 11 is 0. The third kappa shape index (κ3) is 10.8. The molecule has 1 spiro atoms. The summed E-state index contributed by atoms with van der Waals surface area (Å²) in [5, 5.41) is 13.9. The molecule has 6 aromatic rings. The number of benzene rings is 4. The van der Waals surface area contributed by atoms with Crippen LogP contribution in [0.1, 0.15) is 100 Å². The van der Waals surface area contributed by atoms with Crippen molar-refractivity contribution in [2.75, 3.05) is 14.1 Å². The van der Waals surface area contributed by atoms with Crippen LogP contribution in [-0.2, 0) is 22.4 Å². The molecule has 2 unspecified atom stereocenters. The number of carbonyl (C=O) groups is 3. The Bertz CT molecular complexity index is 2590. The van der Waals surface area contributed by atoms with E-state index in [-0.39, 0.29) is 64.7 Å². The number of nitrogens with zero attached hydrogens (tertiary/aromatic N) is 5. The maximum atomic E-state index is 12.6. The van der Waals surface area contributed by atoms with E-state index >= 15 is 0 Å². The Labute approximate surface area is 408 Å². The molecular formula is C51H59N8NaO6. The van der Waals surface area contributed by atoms with Crippen molar-refractivity contribution in [1.82, 2.24) is 35.8 Å². The first-order valence-electron chi connectivity index (χ1n) is 22.4. The number of carbonyl (C=O) groups excluding carboxylic acids is 3. The fraction of sp³-hybridized carbons (Fsp3) is 0.392. The van der Waals surface area contributed by atoms with Crippen LogP contribution in [0.25, 0.3) is 45.7 Å². The van der Waals surface area contributed by atoms with Crippen LogP contribution in [0.2, 0.25) is 0 Å². The van der Waals surface area contributed by atoms with Gasteiger partial charge in [0, 0.05) is 36.3 Å². The molecule has 5 N–H and O–H groups in total. The topological polar surface area (TPSA) is 212 Å². The summed E-state index contributed by atoms with van der Waals surface area (Å²) in [6, 6.07) is 32.5. The number of aromatic nitrogens is 4. The molecule has 15 heteroatoms. The second-order valence-corrected chi connectivity index (χ2v) is 18.7. The largest absolute Gasteiger partial charge is 1.00 e. The van der Waals surface area contributed by atoms with Gasteiger partial charge < -0.3 is 30.9 Å². The second kappa shape index (κ2) is 21.0. The normalized spacial score (nSPS) is 21.1. The monoisotopic (exact) mass is 902 g/mol. The van der Waals surface area contributed by atoms with E-state index in [1.165, 1.54) is 28.6 Å². The van der Waals surface area contributed by atoms with Crippen molar-refractivity contribution < 1.29 is 58.5 Å². The molecule has 0 bridgehead atoms. The number of hydrogen-bond donors (Lipinski definition) is 3. The summed E-state index contributed by atoms with van der Waals surface area (Å²) in [5.74, 6) is 3.67. The van der Waals surface area contributed by atoms with Crippen LogP contribution in [0.15, 0.2) is 106 Å². The molecule has 9 rings (SSSR count). The molecule has 3 fully saturated rings. The van der Waals surface area contributed by atoms with Crippen LogP contribution in [-0.4, -0.2) is 73.7 Å². The second-order valence-electron chi connectivity index (χ2n) is 18.7. The Balaban J connectivity index is 0.000000212. The zero-order chi connectivity index (χ0) is 45.2. The van der Waals surface area contributed by atoms with Crippen LogP contribution < -0.4 is 45.9 Å². The van der Waals surface area contributed by atoms with Gasteiger partial charge in [0.05, 0.1) is 5.54 Å². The smallest absolute Gasteiger partial charge is 0.870 e. The van der Waals surface area contributed by atoms with Gasteiger partial charge in [-0.15, -0.1) is 0 Å². The molecule has 2 aliphatic carbocycles. The molecule has 2 aromatic heterocycles. The predicted molar refractivity (Wildman–Crippen MR) is 248 cm³/mol. The number of hydrogen-bond acceptors (Lipinski definition) is 11. The molecule has 4 atom stereocenters. The van der Waals surface area contributed by atoms with Crippen LogP contribution in [0.3, 0.4) is 0 Å². The average molecular weight is 903 g/mol. The van der Waals surface area contributed by atoms with E-state index < -0.39 is 11.1 Å². The zero-order valence-corrected chi connectivity index (χ0v) is 41.0. The molecule has 3 aliphatic rings. The fourth-order valence-electron chi connectivity index (χ4n) is 9.44. The number of rotatable bonds is 11. The minimum Gasteiger partial charge on any atom is -0.870 e. The summed E-state index contributed by atoms with van der Waals surface area (Å²) < 4.78 is 11.0. The van der Waals surface area contributed by atoms with Crippen molar-refractivity contribution >= 4 is 17.8 Å². The van der Waals surface area contributed by atoms with Gasteiger partial charge in [-0.05, 0) is 122 Å². The third-order valence-corrected chi connectivity index (χ3v) is 12.9. The van der Waals surface area contributed by atoms with E-state index in [9.17, 15) is 14.4 Å². The molecule has 2 saturated carbocycles. The van der Waals surface area contributed by atoms with E-state index in [0.717, 1.165) is 53.5 Å². The van der Waals surface area contributed by atoms with Gasteiger partial charge in [0.25, 0.3) is 17.7 Å². The molecule has 0 radical (unpaired) electrons. The predicted octanol–water partition coefficient (Wildman–Crippen LogP) is 5.93. The maximum absolute atomic E-state index is 12.6. The Kier molecular flexibility index (Phi) is 15.9. The summed E-state index contributed by atoms with van der Waals surface area (Å²) in [6.45, 7) is 8.84. The Morgan fingerprint density at radius 3 is 1.55 bits per heavy atom. The first kappa shape index (κ1) is 49.9. The van der Waals surface area contributed by atoms with Crippen molar-refractivity contribution in [1.29, 1.82) is 0 Å². The van der Waals surface area contributed by atoms with Crippen LogP contribution >= 0.6 is 0 Å². The van der Waals surface area contributed by atoms with Gasteiger partial charge in [-0.3, -0.25) is 14.5 Å². The molecule has 66 heavy (non-hydrogen) atoms. The summed E-state index contributed by atoms with van der Waals surface area (Å²) in [5.41, 5.74) is 13.3. The first-order chi connectivity index (χ1) is 30.7. The number of amides is 4. The van der Waals surface area contributed by atoms with Gasteiger partial charge in [-0.2, -0.15) is 9.97 Å². The Morgan fingerprint density at radius 2 is 1.14 bits per heavy atom. The van der Waals surface area contributed by atoms with E-state index in [2.05, 4.69) is 107 Å². The number of imide groups is 1. The first-order valence-corrected chi connectivity index (χ1v) is 22.4. The minimum absolute atomic E-state index is 0. The minimum atomic E-state index is -0.772. The average Bonchev–Trinajstić information content (AvgIpc) is 4.16. The van der Waals surface area contributed by atoms with Crippen molar-refractivity contribution in [3.63, 3.8) is 0 Å². The number of nitrogens with two attached hydrogens (primary N) is 1. The van der Waals surface area contributed by atoms with E-state index in [0.29, 0.717) is 60.9 Å². The molecule has 340 valence electrons. The van der Waals surface area contributed by atoms with E-state index in [1.807, 2.05) is 48.5 Å². The summed E-state index contributed by atoms with van der Waals surface area (Å²) in [7, 11) is 3.17. The fourth-order valence-corrected chi connectivity index (χ4v) is 9.44. The van der Waals surface area contributed by atoms with Crippen LogP contribution in [0.4, 0.5) is 4.79 Å². The molecular weight excluding hydrogens is 844 g/mol. The molecule has 14 nitrogen and oxygen atoms in total. The van der Waals surface area contributed by atoms with Crippen molar-refractivity contribution in [2.45, 2.75) is 102 Å². The Hall–Kier alpha value is -5.51. The maximum Gasteiger partial charge on any atom is 1.00 e. The quantitative estimate of drug-likeness (QED) is 0.102. The van der Waals surface area contributed by atoms with Crippen molar-refractivity contribution in [3.8, 4) is 45.7 Å². The summed E-state index contributed by atoms with van der Waals surface area (Å²) in [6.07, 6.45) is 6.51. The van der Waals surface area contributed by atoms with Crippen molar-refractivity contribution in [2.24, 2.45) is 17.6 Å². The molecule has 1 aliphatic heterocycles. The van der Waals surface area contributed by atoms with Crippen molar-refractivity contribution in [3.05, 3.63) is 119 Å². The SMILES string of the molecule is CC(C)Cc1ccc(-c2nc(-c3ccc([C@H]4CCC5(C4)NC(=O)N(C)C5=O)cc3)no2)cc1.CNC(=O)C1(N)CC[C@H](c2ccc(-c3noc(-c4ccc(CC(C)C)cc4)n3)cc2)C1.[Na+].[OH-]. The van der Waals surface area contributed by atoms with Gasteiger partial charge in [0.15, 0.2) is 0 Å². The zero-order valence-electron chi connectivity index (χ0n) is 39.0. The summed E-state index contributed by atoms with van der Waals surface area (Å²) in [4.78, 5) is 46.9. The molecule has 3 heterocycles. The van der Waals surface area contributed by atoms with E-state index in [1.54, 1.807) is 7.05 Å². The van der Waals surface area contributed by atoms with Gasteiger partial charge in [0.2, 0.25) is 17.6 Å². The van der Waals surface area contributed by atoms with Crippen LogP contribution in [0, 0.1) is 11.8 Å². The third-order valence-electron chi connectivity index (χ3n) is 12.9. The number of urea groups is 1. The van der Waals surface area contributed by atoms with Gasteiger partial charge >= 0.3 is 35.6 Å². The Morgan fingerprint density at radius 1 is 0.712 bits per heavy atom. The number of nitrogens with one attached hydrogen (secondary N) is 2. The van der Waals surface area contributed by atoms with Gasteiger partial charge in [-0.1, -0.05) is 111 Å². The van der Waals surface area contributed by atoms with Crippen LogP contribution in [0.5, 0.6) is 0 Å². The van der Waals surface area contributed by atoms with Gasteiger partial charge in [-0.25, -0.2) is 4.79 Å².